The van der Waals surface area contributed by atoms with Crippen LogP contribution in [0.2, 0.25) is 0 Å². The zero-order valence-electron chi connectivity index (χ0n) is 9.92. The maximum Gasteiger partial charge on any atom is 0.133 e. The highest BCUT2D eigenvalue weighted by molar-refractivity contribution is 5.67. The van der Waals surface area contributed by atoms with Crippen LogP contribution in [-0.2, 0) is 19.3 Å². The van der Waals surface area contributed by atoms with E-state index >= 15 is 0 Å². The number of aryl methyl sites for hydroxylation is 1. The highest BCUT2D eigenvalue weighted by Gasteiger charge is 2.23. The van der Waals surface area contributed by atoms with Crippen LogP contribution in [0, 0.1) is 0 Å². The molecule has 0 saturated heterocycles. The minimum absolute atomic E-state index is 1.05. The molecule has 1 aliphatic carbocycles. The Hall–Kier alpha value is -1.25. The quantitative estimate of drug-likeness (QED) is 0.722. The van der Waals surface area contributed by atoms with E-state index in [1.165, 1.54) is 36.1 Å². The Balaban J connectivity index is 2.18. The van der Waals surface area contributed by atoms with Crippen LogP contribution in [0.3, 0.4) is 0 Å². The second-order valence-corrected chi connectivity index (χ2v) is 4.99. The molecule has 0 bridgehead atoms. The molecular formula is C13H19N3. The normalized spacial score (nSPS) is 19.2. The Morgan fingerprint density at radius 1 is 1.06 bits per heavy atom. The maximum atomic E-state index is 6.32. The van der Waals surface area contributed by atoms with Crippen LogP contribution in [0.5, 0.6) is 0 Å². The average molecular weight is 217 g/mol. The molecule has 2 heterocycles. The van der Waals surface area contributed by atoms with Crippen molar-refractivity contribution in [2.24, 2.45) is 0 Å². The third kappa shape index (κ3) is 1.38. The maximum absolute atomic E-state index is 6.32. The minimum Gasteiger partial charge on any atom is -0.398 e. The molecule has 1 aromatic rings. The molecule has 16 heavy (non-hydrogen) atoms. The van der Waals surface area contributed by atoms with Gasteiger partial charge >= 0.3 is 0 Å². The monoisotopic (exact) mass is 217 g/mol. The Bertz CT molecular complexity index is 426. The smallest absolute Gasteiger partial charge is 0.133 e. The lowest BCUT2D eigenvalue weighted by atomic mass is 10.0. The van der Waals surface area contributed by atoms with Crippen molar-refractivity contribution in [2.45, 2.75) is 38.5 Å². The molecule has 3 heteroatoms. The van der Waals surface area contributed by atoms with Gasteiger partial charge in [-0.15, -0.1) is 0 Å². The number of fused-ring (bicyclic) bond motifs is 2. The number of nitrogen functional groups attached to an aromatic ring is 1. The first-order chi connectivity index (χ1) is 7.77. The van der Waals surface area contributed by atoms with Crippen molar-refractivity contribution in [3.63, 3.8) is 0 Å². The molecular weight excluding hydrogens is 198 g/mol. The summed E-state index contributed by atoms with van der Waals surface area (Å²) in [6, 6.07) is 0. The zero-order chi connectivity index (χ0) is 11.1. The molecule has 1 aliphatic heterocycles. The van der Waals surface area contributed by atoms with Crippen LogP contribution in [0.4, 0.5) is 11.5 Å². The van der Waals surface area contributed by atoms with E-state index in [2.05, 4.69) is 11.9 Å². The van der Waals surface area contributed by atoms with E-state index in [1.54, 1.807) is 0 Å². The molecule has 1 aromatic heterocycles. The summed E-state index contributed by atoms with van der Waals surface area (Å²) in [4.78, 5) is 7.12. The minimum atomic E-state index is 1.05. The first kappa shape index (κ1) is 9.94. The predicted octanol–water partition coefficient (Wildman–Crippen LogP) is 1.93. The van der Waals surface area contributed by atoms with Gasteiger partial charge in [0.05, 0.1) is 0 Å². The van der Waals surface area contributed by atoms with Gasteiger partial charge in [-0.2, -0.15) is 0 Å². The summed E-state index contributed by atoms with van der Waals surface area (Å²) in [5.41, 5.74) is 11.3. The van der Waals surface area contributed by atoms with Crippen molar-refractivity contribution in [1.29, 1.82) is 0 Å². The van der Waals surface area contributed by atoms with E-state index < -0.39 is 0 Å². The molecule has 2 N–H and O–H groups in total. The van der Waals surface area contributed by atoms with Gasteiger partial charge in [-0.3, -0.25) is 0 Å². The summed E-state index contributed by atoms with van der Waals surface area (Å²) in [6.45, 7) is 1.11. The van der Waals surface area contributed by atoms with Gasteiger partial charge in [-0.25, -0.2) is 4.98 Å². The van der Waals surface area contributed by atoms with Crippen LogP contribution in [0.25, 0.3) is 0 Å². The largest absolute Gasteiger partial charge is 0.398 e. The average Bonchev–Trinajstić information content (AvgIpc) is 2.66. The third-order valence-corrected chi connectivity index (χ3v) is 3.88. The molecule has 0 aromatic carbocycles. The van der Waals surface area contributed by atoms with Gasteiger partial charge in [0.2, 0.25) is 0 Å². The van der Waals surface area contributed by atoms with Gasteiger partial charge in [-0.05, 0) is 44.1 Å². The lowest BCUT2D eigenvalue weighted by Crippen LogP contribution is -2.20. The number of hydrogen-bond acceptors (Lipinski definition) is 3. The fraction of sp³-hybridized carbons (Fsp3) is 0.615. The van der Waals surface area contributed by atoms with Crippen LogP contribution in [0.15, 0.2) is 0 Å². The van der Waals surface area contributed by atoms with Crippen LogP contribution in [0.1, 0.15) is 36.1 Å². The number of rotatable bonds is 0. The Morgan fingerprint density at radius 3 is 2.75 bits per heavy atom. The summed E-state index contributed by atoms with van der Waals surface area (Å²) >= 11 is 0. The summed E-state index contributed by atoms with van der Waals surface area (Å²) in [5, 5.41) is 0. The fourth-order valence-electron chi connectivity index (χ4n) is 2.96. The summed E-state index contributed by atoms with van der Waals surface area (Å²) < 4.78 is 0. The predicted molar refractivity (Wildman–Crippen MR) is 66.9 cm³/mol. The summed E-state index contributed by atoms with van der Waals surface area (Å²) in [6.07, 6.45) is 7.05. The van der Waals surface area contributed by atoms with E-state index in [-0.39, 0.29) is 0 Å². The Labute approximate surface area is 96.7 Å². The molecule has 0 fully saturated rings. The Morgan fingerprint density at radius 2 is 1.88 bits per heavy atom. The molecule has 0 atom stereocenters. The van der Waals surface area contributed by atoms with Gasteiger partial charge in [0.15, 0.2) is 0 Å². The van der Waals surface area contributed by atoms with E-state index in [9.17, 15) is 0 Å². The number of nitrogens with zero attached hydrogens (tertiary/aromatic N) is 2. The van der Waals surface area contributed by atoms with Gasteiger partial charge in [0.25, 0.3) is 0 Å². The molecule has 2 aliphatic rings. The van der Waals surface area contributed by atoms with Crippen molar-refractivity contribution in [2.75, 3.05) is 24.2 Å². The van der Waals surface area contributed by atoms with Crippen molar-refractivity contribution in [1.82, 2.24) is 4.98 Å². The van der Waals surface area contributed by atoms with Gasteiger partial charge in [0.1, 0.15) is 5.82 Å². The summed E-state index contributed by atoms with van der Waals surface area (Å²) in [7, 11) is 2.14. The number of hydrogen-bond donors (Lipinski definition) is 1. The van der Waals surface area contributed by atoms with Gasteiger partial charge in [-0.1, -0.05) is 0 Å². The molecule has 0 spiro atoms. The fourth-order valence-corrected chi connectivity index (χ4v) is 2.96. The number of aromatic nitrogens is 1. The van der Waals surface area contributed by atoms with E-state index in [0.29, 0.717) is 0 Å². The highest BCUT2D eigenvalue weighted by atomic mass is 15.2. The lowest BCUT2D eigenvalue weighted by molar-refractivity contribution is 0.748. The number of anilines is 2. The van der Waals surface area contributed by atoms with E-state index in [0.717, 1.165) is 37.3 Å². The second kappa shape index (κ2) is 3.65. The Kier molecular flexibility index (Phi) is 2.27. The van der Waals surface area contributed by atoms with Crippen molar-refractivity contribution < 1.29 is 0 Å². The van der Waals surface area contributed by atoms with Crippen LogP contribution < -0.4 is 10.6 Å². The molecule has 3 nitrogen and oxygen atoms in total. The van der Waals surface area contributed by atoms with E-state index in [1.807, 2.05) is 0 Å². The topological polar surface area (TPSA) is 42.2 Å². The number of nitrogens with two attached hydrogens (primary N) is 1. The van der Waals surface area contributed by atoms with Crippen LogP contribution in [-0.4, -0.2) is 18.6 Å². The van der Waals surface area contributed by atoms with Crippen LogP contribution >= 0.6 is 0 Å². The van der Waals surface area contributed by atoms with E-state index in [4.69, 9.17) is 10.7 Å². The molecule has 0 amide bonds. The van der Waals surface area contributed by atoms with Gasteiger partial charge < -0.3 is 10.6 Å². The second-order valence-electron chi connectivity index (χ2n) is 4.99. The molecule has 0 unspecified atom stereocenters. The molecule has 3 rings (SSSR count). The zero-order valence-corrected chi connectivity index (χ0v) is 9.92. The molecule has 0 radical (unpaired) electrons. The third-order valence-electron chi connectivity index (χ3n) is 3.88. The first-order valence-corrected chi connectivity index (χ1v) is 6.28. The van der Waals surface area contributed by atoms with Crippen molar-refractivity contribution in [3.05, 3.63) is 16.8 Å². The SMILES string of the molecule is CN1CCCCc2c1nc1c(c2N)CCC1. The summed E-state index contributed by atoms with van der Waals surface area (Å²) in [5.74, 6) is 1.15. The molecule has 0 saturated carbocycles. The standard InChI is InChI=1S/C13H19N3/c1-16-8-3-2-5-10-12(14)9-6-4-7-11(9)15-13(10)16/h2-8H2,1H3,(H2,14,15). The molecule has 86 valence electrons. The number of pyridine rings is 1. The van der Waals surface area contributed by atoms with Crippen molar-refractivity contribution >= 4 is 11.5 Å². The van der Waals surface area contributed by atoms with Crippen molar-refractivity contribution in [3.8, 4) is 0 Å². The highest BCUT2D eigenvalue weighted by Crippen LogP contribution is 2.35. The van der Waals surface area contributed by atoms with Gasteiger partial charge in [0, 0.05) is 30.5 Å². The first-order valence-electron chi connectivity index (χ1n) is 6.28. The lowest BCUT2D eigenvalue weighted by Gasteiger charge is -2.20.